The van der Waals surface area contributed by atoms with Crippen molar-refractivity contribution in [3.05, 3.63) is 85.5 Å². The maximum Gasteiger partial charge on any atom is 0.138 e. The van der Waals surface area contributed by atoms with Gasteiger partial charge in [-0.1, -0.05) is 24.3 Å². The van der Waals surface area contributed by atoms with Crippen molar-refractivity contribution < 1.29 is 4.74 Å². The molecule has 7 rings (SSSR count). The summed E-state index contributed by atoms with van der Waals surface area (Å²) in [4.78, 5) is 14.8. The van der Waals surface area contributed by atoms with Gasteiger partial charge in [0.2, 0.25) is 0 Å². The molecule has 0 bridgehead atoms. The minimum Gasteiger partial charge on any atom is -0.491 e. The molecule has 188 valence electrons. The Hall–Kier alpha value is -4.49. The molecule has 4 aromatic heterocycles. The number of likely N-dealkylation sites (tertiary alicyclic amines) is 1. The van der Waals surface area contributed by atoms with Crippen LogP contribution in [0, 0.1) is 0 Å². The Labute approximate surface area is 220 Å². The molecule has 5 heterocycles. The van der Waals surface area contributed by atoms with Crippen LogP contribution in [0.2, 0.25) is 0 Å². The van der Waals surface area contributed by atoms with Crippen LogP contribution >= 0.6 is 0 Å². The molecule has 2 N–H and O–H groups in total. The summed E-state index contributed by atoms with van der Waals surface area (Å²) in [5.41, 5.74) is 8.24. The van der Waals surface area contributed by atoms with Gasteiger partial charge in [-0.3, -0.25) is 20.0 Å². The highest BCUT2D eigenvalue weighted by atomic mass is 16.5. The van der Waals surface area contributed by atoms with Crippen molar-refractivity contribution in [3.8, 4) is 39.4 Å². The van der Waals surface area contributed by atoms with Crippen LogP contribution < -0.4 is 4.74 Å². The van der Waals surface area contributed by atoms with Gasteiger partial charge in [0, 0.05) is 52.6 Å². The van der Waals surface area contributed by atoms with Crippen molar-refractivity contribution in [2.75, 3.05) is 26.2 Å². The summed E-state index contributed by atoms with van der Waals surface area (Å²) < 4.78 is 6.04. The van der Waals surface area contributed by atoms with Gasteiger partial charge < -0.3 is 9.72 Å². The van der Waals surface area contributed by atoms with E-state index in [2.05, 4.69) is 84.6 Å². The first-order valence-corrected chi connectivity index (χ1v) is 13.1. The number of H-pyrrole nitrogens is 2. The van der Waals surface area contributed by atoms with Crippen molar-refractivity contribution in [3.63, 3.8) is 0 Å². The Balaban J connectivity index is 1.20. The molecule has 38 heavy (non-hydrogen) atoms. The molecular weight excluding hydrogens is 472 g/mol. The maximum atomic E-state index is 6.04. The second-order valence-corrected chi connectivity index (χ2v) is 9.83. The lowest BCUT2D eigenvalue weighted by Crippen LogP contribution is -2.25. The van der Waals surface area contributed by atoms with Crippen molar-refractivity contribution >= 4 is 21.8 Å². The number of pyridine rings is 2. The molecule has 0 atom stereocenters. The average Bonchev–Trinajstić information content (AvgIpc) is 3.73. The summed E-state index contributed by atoms with van der Waals surface area (Å²) >= 11 is 0. The van der Waals surface area contributed by atoms with Crippen LogP contribution in [0.4, 0.5) is 0 Å². The highest BCUT2D eigenvalue weighted by Crippen LogP contribution is 2.35. The number of hydrogen-bond donors (Lipinski definition) is 2. The molecule has 1 fully saturated rings. The van der Waals surface area contributed by atoms with Crippen LogP contribution in [0.25, 0.3) is 55.4 Å². The van der Waals surface area contributed by atoms with Crippen LogP contribution in [-0.4, -0.2) is 56.3 Å². The molecule has 0 spiro atoms. The Morgan fingerprint density at radius 3 is 2.61 bits per heavy atom. The fourth-order valence-corrected chi connectivity index (χ4v) is 5.41. The summed E-state index contributed by atoms with van der Waals surface area (Å²) in [7, 11) is 0. The van der Waals surface area contributed by atoms with E-state index < -0.39 is 0 Å². The van der Waals surface area contributed by atoms with E-state index in [0.717, 1.165) is 67.7 Å². The molecular formula is C31H28N6O. The second-order valence-electron chi connectivity index (χ2n) is 9.83. The van der Waals surface area contributed by atoms with Crippen LogP contribution in [0.1, 0.15) is 12.8 Å². The molecule has 0 radical (unpaired) electrons. The number of aromatic nitrogens is 5. The zero-order chi connectivity index (χ0) is 25.3. The molecule has 7 nitrogen and oxygen atoms in total. The molecule has 0 amide bonds. The molecule has 1 aliphatic rings. The highest BCUT2D eigenvalue weighted by molar-refractivity contribution is 6.01. The third-order valence-corrected chi connectivity index (χ3v) is 7.38. The van der Waals surface area contributed by atoms with Crippen LogP contribution in [0.15, 0.2) is 85.5 Å². The first kappa shape index (κ1) is 22.7. The summed E-state index contributed by atoms with van der Waals surface area (Å²) in [6.45, 7) is 3.99. The summed E-state index contributed by atoms with van der Waals surface area (Å²) in [6, 6.07) is 20.9. The predicted molar refractivity (Wildman–Crippen MR) is 151 cm³/mol. The number of ether oxygens (including phenoxy) is 1. The van der Waals surface area contributed by atoms with Gasteiger partial charge in [-0.05, 0) is 73.5 Å². The normalized spacial score (nSPS) is 14.0. The molecule has 1 aliphatic heterocycles. The molecule has 1 saturated heterocycles. The van der Waals surface area contributed by atoms with E-state index in [9.17, 15) is 0 Å². The Morgan fingerprint density at radius 2 is 1.71 bits per heavy atom. The van der Waals surface area contributed by atoms with Crippen molar-refractivity contribution in [1.29, 1.82) is 0 Å². The molecule has 0 aliphatic carbocycles. The van der Waals surface area contributed by atoms with Gasteiger partial charge >= 0.3 is 0 Å². The molecule has 0 unspecified atom stereocenters. The minimum atomic E-state index is 0.678. The van der Waals surface area contributed by atoms with E-state index in [1.165, 1.54) is 25.9 Å². The summed E-state index contributed by atoms with van der Waals surface area (Å²) in [5, 5.41) is 10.1. The number of benzene rings is 2. The Kier molecular flexibility index (Phi) is 5.83. The first-order chi connectivity index (χ1) is 18.8. The third-order valence-electron chi connectivity index (χ3n) is 7.38. The Bertz CT molecular complexity index is 1720. The van der Waals surface area contributed by atoms with E-state index in [4.69, 9.17) is 4.74 Å². The quantitative estimate of drug-likeness (QED) is 0.268. The second kappa shape index (κ2) is 9.76. The van der Waals surface area contributed by atoms with Gasteiger partial charge in [0.15, 0.2) is 0 Å². The molecule has 6 aromatic rings. The van der Waals surface area contributed by atoms with Gasteiger partial charge in [-0.25, -0.2) is 0 Å². The predicted octanol–water partition coefficient (Wildman–Crippen LogP) is 6.31. The SMILES string of the molecule is c1cncc(-c2cccc3[nH]c(-c4n[nH]c5ccc(-c6cncc(OCCN7CCCC7)c6)cc45)cc23)c1. The standard InChI is InChI=1S/C31H28N6O/c1-2-12-37(11-1)13-14-38-24-15-23(19-33-20-24)21-8-9-29-27(16-21)31(36-35-29)30-17-26-25(6-3-7-28(26)34-30)22-5-4-10-32-18-22/h3-10,15-20,34H,1-2,11-14H2,(H,35,36). The van der Waals surface area contributed by atoms with Crippen molar-refractivity contribution in [2.45, 2.75) is 12.8 Å². The monoisotopic (exact) mass is 500 g/mol. The van der Waals surface area contributed by atoms with E-state index in [-0.39, 0.29) is 0 Å². The molecule has 2 aromatic carbocycles. The number of fused-ring (bicyclic) bond motifs is 2. The molecule has 7 heteroatoms. The minimum absolute atomic E-state index is 0.678. The van der Waals surface area contributed by atoms with Gasteiger partial charge in [0.05, 0.1) is 17.4 Å². The molecule has 0 saturated carbocycles. The van der Waals surface area contributed by atoms with Gasteiger partial charge in [0.1, 0.15) is 18.1 Å². The first-order valence-electron chi connectivity index (χ1n) is 13.1. The maximum absolute atomic E-state index is 6.04. The zero-order valence-corrected chi connectivity index (χ0v) is 21.0. The van der Waals surface area contributed by atoms with Gasteiger partial charge in [-0.15, -0.1) is 0 Å². The van der Waals surface area contributed by atoms with E-state index in [1.54, 1.807) is 12.4 Å². The third kappa shape index (κ3) is 4.31. The van der Waals surface area contributed by atoms with Crippen LogP contribution in [0.5, 0.6) is 5.75 Å². The Morgan fingerprint density at radius 1 is 0.789 bits per heavy atom. The van der Waals surface area contributed by atoms with Crippen LogP contribution in [-0.2, 0) is 0 Å². The fraction of sp³-hybridized carbons (Fsp3) is 0.194. The lowest BCUT2D eigenvalue weighted by atomic mass is 10.0. The number of aromatic amines is 2. The average molecular weight is 501 g/mol. The number of hydrogen-bond acceptors (Lipinski definition) is 5. The highest BCUT2D eigenvalue weighted by Gasteiger charge is 2.15. The fourth-order valence-electron chi connectivity index (χ4n) is 5.41. The summed E-state index contributed by atoms with van der Waals surface area (Å²) in [6.07, 6.45) is 9.96. The topological polar surface area (TPSA) is 82.7 Å². The van der Waals surface area contributed by atoms with Crippen molar-refractivity contribution in [1.82, 2.24) is 30.0 Å². The van der Waals surface area contributed by atoms with Gasteiger partial charge in [0.25, 0.3) is 0 Å². The number of nitrogens with zero attached hydrogens (tertiary/aromatic N) is 4. The van der Waals surface area contributed by atoms with E-state index >= 15 is 0 Å². The van der Waals surface area contributed by atoms with Crippen molar-refractivity contribution in [2.24, 2.45) is 0 Å². The lowest BCUT2D eigenvalue weighted by Gasteiger charge is -2.15. The number of nitrogens with one attached hydrogen (secondary N) is 2. The van der Waals surface area contributed by atoms with E-state index in [1.807, 2.05) is 18.5 Å². The van der Waals surface area contributed by atoms with Gasteiger partial charge in [-0.2, -0.15) is 5.10 Å². The van der Waals surface area contributed by atoms with Crippen LogP contribution in [0.3, 0.4) is 0 Å². The lowest BCUT2D eigenvalue weighted by molar-refractivity contribution is 0.237. The smallest absolute Gasteiger partial charge is 0.138 e. The number of rotatable bonds is 7. The largest absolute Gasteiger partial charge is 0.491 e. The van der Waals surface area contributed by atoms with E-state index in [0.29, 0.717) is 6.61 Å². The zero-order valence-electron chi connectivity index (χ0n) is 21.0. The summed E-state index contributed by atoms with van der Waals surface area (Å²) in [5.74, 6) is 0.799.